The van der Waals surface area contributed by atoms with Crippen LogP contribution in [0.25, 0.3) is 0 Å². The van der Waals surface area contributed by atoms with Crippen molar-refractivity contribution in [3.8, 4) is 0 Å². The summed E-state index contributed by atoms with van der Waals surface area (Å²) in [5.74, 6) is -0.369. The molecule has 1 aromatic rings. The van der Waals surface area contributed by atoms with Crippen LogP contribution in [0.15, 0.2) is 24.3 Å². The van der Waals surface area contributed by atoms with Gasteiger partial charge in [0.15, 0.2) is 0 Å². The van der Waals surface area contributed by atoms with Crippen LogP contribution in [-0.4, -0.2) is 25.7 Å². The Labute approximate surface area is 116 Å². The molecule has 0 spiro atoms. The summed E-state index contributed by atoms with van der Waals surface area (Å²) >= 11 is 0. The molecule has 0 saturated heterocycles. The van der Waals surface area contributed by atoms with Crippen LogP contribution in [0.4, 0.5) is 18.9 Å². The van der Waals surface area contributed by atoms with Gasteiger partial charge in [0.2, 0.25) is 5.91 Å². The van der Waals surface area contributed by atoms with E-state index < -0.39 is 12.6 Å². The zero-order valence-electron chi connectivity index (χ0n) is 11.6. The summed E-state index contributed by atoms with van der Waals surface area (Å²) < 4.78 is 36.5. The number of hydrogen-bond acceptors (Lipinski definition) is 2. The first-order valence-electron chi connectivity index (χ1n) is 6.43. The van der Waals surface area contributed by atoms with Crippen molar-refractivity contribution < 1.29 is 18.0 Å². The number of rotatable bonds is 6. The van der Waals surface area contributed by atoms with Crippen molar-refractivity contribution in [2.75, 3.05) is 18.9 Å². The van der Waals surface area contributed by atoms with E-state index in [4.69, 9.17) is 0 Å². The Morgan fingerprint density at radius 3 is 2.65 bits per heavy atom. The number of anilines is 1. The van der Waals surface area contributed by atoms with E-state index in [2.05, 4.69) is 10.6 Å². The molecule has 3 nitrogen and oxygen atoms in total. The fourth-order valence-electron chi connectivity index (χ4n) is 1.76. The normalized spacial score (nSPS) is 13.1. The average molecular weight is 288 g/mol. The first-order valence-corrected chi connectivity index (χ1v) is 6.43. The number of nitrogens with one attached hydrogen (secondary N) is 2. The highest BCUT2D eigenvalue weighted by atomic mass is 19.4. The summed E-state index contributed by atoms with van der Waals surface area (Å²) in [6.07, 6.45) is -5.11. The molecule has 0 aromatic heterocycles. The Balaban J connectivity index is 2.62. The van der Waals surface area contributed by atoms with Gasteiger partial charge in [0.05, 0.1) is 0 Å². The standard InChI is InChI=1S/C14H19F3N2O/c1-10(9-18-2)13(20)19-12-5-3-4-11(8-12)6-7-14(15,16)17/h3-5,8,10,18H,6-7,9H2,1-2H3,(H,19,20). The molecule has 1 amide bonds. The van der Waals surface area contributed by atoms with Gasteiger partial charge in [0.1, 0.15) is 0 Å². The van der Waals surface area contributed by atoms with Crippen molar-refractivity contribution in [1.82, 2.24) is 5.32 Å². The fraction of sp³-hybridized carbons (Fsp3) is 0.500. The molecule has 0 aliphatic carbocycles. The first-order chi connectivity index (χ1) is 9.31. The van der Waals surface area contributed by atoms with Gasteiger partial charge in [-0.2, -0.15) is 13.2 Å². The molecule has 6 heteroatoms. The molecule has 0 aliphatic heterocycles. The van der Waals surface area contributed by atoms with Crippen molar-refractivity contribution in [2.45, 2.75) is 25.9 Å². The number of aryl methyl sites for hydroxylation is 1. The molecule has 2 N–H and O–H groups in total. The lowest BCUT2D eigenvalue weighted by molar-refractivity contribution is -0.134. The van der Waals surface area contributed by atoms with E-state index in [0.29, 0.717) is 17.8 Å². The highest BCUT2D eigenvalue weighted by molar-refractivity contribution is 5.92. The largest absolute Gasteiger partial charge is 0.389 e. The molecule has 0 radical (unpaired) electrons. The number of alkyl halides is 3. The highest BCUT2D eigenvalue weighted by Crippen LogP contribution is 2.23. The molecule has 1 rings (SSSR count). The topological polar surface area (TPSA) is 41.1 Å². The van der Waals surface area contributed by atoms with E-state index in [1.807, 2.05) is 0 Å². The molecular weight excluding hydrogens is 269 g/mol. The van der Waals surface area contributed by atoms with Crippen LogP contribution < -0.4 is 10.6 Å². The number of amides is 1. The molecule has 1 unspecified atom stereocenters. The van der Waals surface area contributed by atoms with Gasteiger partial charge < -0.3 is 10.6 Å². The fourth-order valence-corrected chi connectivity index (χ4v) is 1.76. The Hall–Kier alpha value is -1.56. The van der Waals surface area contributed by atoms with Gasteiger partial charge in [0.25, 0.3) is 0 Å². The zero-order chi connectivity index (χ0) is 15.2. The summed E-state index contributed by atoms with van der Waals surface area (Å²) in [5.41, 5.74) is 1.08. The van der Waals surface area contributed by atoms with Gasteiger partial charge in [-0.05, 0) is 31.2 Å². The molecular formula is C14H19F3N2O. The molecule has 20 heavy (non-hydrogen) atoms. The zero-order valence-corrected chi connectivity index (χ0v) is 11.6. The number of hydrogen-bond donors (Lipinski definition) is 2. The predicted octanol–water partition coefficient (Wildman–Crippen LogP) is 2.98. The number of benzene rings is 1. The van der Waals surface area contributed by atoms with Crippen molar-refractivity contribution in [1.29, 1.82) is 0 Å². The lowest BCUT2D eigenvalue weighted by Gasteiger charge is -2.12. The SMILES string of the molecule is CNCC(C)C(=O)Nc1cccc(CCC(F)(F)F)c1. The van der Waals surface area contributed by atoms with E-state index >= 15 is 0 Å². The van der Waals surface area contributed by atoms with Crippen LogP contribution >= 0.6 is 0 Å². The summed E-state index contributed by atoms with van der Waals surface area (Å²) in [6, 6.07) is 6.51. The summed E-state index contributed by atoms with van der Waals surface area (Å²) in [6.45, 7) is 2.32. The predicted molar refractivity (Wildman–Crippen MR) is 72.5 cm³/mol. The second-order valence-electron chi connectivity index (χ2n) is 4.76. The lowest BCUT2D eigenvalue weighted by atomic mass is 10.1. The monoisotopic (exact) mass is 288 g/mol. The van der Waals surface area contributed by atoms with E-state index in [0.717, 1.165) is 0 Å². The maximum absolute atomic E-state index is 12.2. The first kappa shape index (κ1) is 16.5. The molecule has 0 bridgehead atoms. The van der Waals surface area contributed by atoms with E-state index in [1.54, 1.807) is 38.2 Å². The van der Waals surface area contributed by atoms with E-state index in [1.165, 1.54) is 0 Å². The van der Waals surface area contributed by atoms with Crippen molar-refractivity contribution >= 4 is 11.6 Å². The molecule has 0 fully saturated rings. The highest BCUT2D eigenvalue weighted by Gasteiger charge is 2.26. The van der Waals surface area contributed by atoms with Gasteiger partial charge >= 0.3 is 6.18 Å². The molecule has 1 atom stereocenters. The molecule has 0 heterocycles. The summed E-state index contributed by atoms with van der Waals surface area (Å²) in [7, 11) is 1.75. The number of carbonyl (C=O) groups excluding carboxylic acids is 1. The third-order valence-electron chi connectivity index (χ3n) is 2.85. The minimum atomic E-state index is -4.17. The second kappa shape index (κ2) is 7.28. The second-order valence-corrected chi connectivity index (χ2v) is 4.76. The Morgan fingerprint density at radius 1 is 1.35 bits per heavy atom. The van der Waals surface area contributed by atoms with Crippen molar-refractivity contribution in [3.05, 3.63) is 29.8 Å². The smallest absolute Gasteiger partial charge is 0.326 e. The van der Waals surface area contributed by atoms with Crippen LogP contribution in [0.3, 0.4) is 0 Å². The molecule has 0 aliphatic rings. The third kappa shape index (κ3) is 6.06. The van der Waals surface area contributed by atoms with E-state index in [-0.39, 0.29) is 18.2 Å². The summed E-state index contributed by atoms with van der Waals surface area (Å²) in [5, 5.41) is 5.60. The number of halogens is 3. The van der Waals surface area contributed by atoms with Gasteiger partial charge in [-0.3, -0.25) is 4.79 Å². The van der Waals surface area contributed by atoms with Gasteiger partial charge in [-0.25, -0.2) is 0 Å². The van der Waals surface area contributed by atoms with Crippen LogP contribution in [-0.2, 0) is 11.2 Å². The molecule has 112 valence electrons. The number of carbonyl (C=O) groups is 1. The van der Waals surface area contributed by atoms with Crippen LogP contribution in [0.2, 0.25) is 0 Å². The minimum absolute atomic E-state index is 0.0840. The minimum Gasteiger partial charge on any atom is -0.326 e. The molecule has 0 saturated carbocycles. The van der Waals surface area contributed by atoms with Gasteiger partial charge in [-0.1, -0.05) is 19.1 Å². The van der Waals surface area contributed by atoms with Crippen molar-refractivity contribution in [2.24, 2.45) is 5.92 Å². The van der Waals surface area contributed by atoms with Crippen molar-refractivity contribution in [3.63, 3.8) is 0 Å². The molecule has 1 aromatic carbocycles. The van der Waals surface area contributed by atoms with Crippen LogP contribution in [0.1, 0.15) is 18.9 Å². The maximum atomic E-state index is 12.2. The van der Waals surface area contributed by atoms with Gasteiger partial charge in [0, 0.05) is 24.6 Å². The average Bonchev–Trinajstić information content (AvgIpc) is 2.36. The Kier molecular flexibility index (Phi) is 6.01. The van der Waals surface area contributed by atoms with Gasteiger partial charge in [-0.15, -0.1) is 0 Å². The summed E-state index contributed by atoms with van der Waals surface area (Å²) in [4.78, 5) is 11.8. The van der Waals surface area contributed by atoms with E-state index in [9.17, 15) is 18.0 Å². The van der Waals surface area contributed by atoms with Crippen LogP contribution in [0.5, 0.6) is 0 Å². The Bertz CT molecular complexity index is 446. The van der Waals surface area contributed by atoms with Crippen LogP contribution in [0, 0.1) is 5.92 Å². The lowest BCUT2D eigenvalue weighted by Crippen LogP contribution is -2.28. The third-order valence-corrected chi connectivity index (χ3v) is 2.85. The Morgan fingerprint density at radius 2 is 2.05 bits per heavy atom. The quantitative estimate of drug-likeness (QED) is 0.845. The maximum Gasteiger partial charge on any atom is 0.389 e.